The van der Waals surface area contributed by atoms with Crippen molar-refractivity contribution in [2.45, 2.75) is 25.8 Å². The standard InChI is InChI=1S/C17H19N7O/c1-12-8-15(24-17(21-12)19-11-20-24)23-7-3-5-14(10-23)22-16(25)13-4-2-6-18-9-13/h2,4,6,8-9,11,14H,3,5,7,10H2,1H3,(H,22,25). The number of hydrogen-bond acceptors (Lipinski definition) is 6. The Morgan fingerprint density at radius 3 is 3.16 bits per heavy atom. The van der Waals surface area contributed by atoms with Gasteiger partial charge in [-0.05, 0) is 31.9 Å². The molecule has 1 aliphatic heterocycles. The van der Waals surface area contributed by atoms with E-state index in [4.69, 9.17) is 0 Å². The summed E-state index contributed by atoms with van der Waals surface area (Å²) in [6, 6.07) is 5.62. The molecule has 0 bridgehead atoms. The average Bonchev–Trinajstić information content (AvgIpc) is 3.10. The quantitative estimate of drug-likeness (QED) is 0.773. The maximum atomic E-state index is 12.4. The van der Waals surface area contributed by atoms with Crippen molar-refractivity contribution in [3.63, 3.8) is 0 Å². The Morgan fingerprint density at radius 1 is 1.40 bits per heavy atom. The molecule has 1 amide bonds. The molecule has 1 fully saturated rings. The third-order valence-corrected chi connectivity index (χ3v) is 4.37. The number of nitrogens with zero attached hydrogens (tertiary/aromatic N) is 6. The summed E-state index contributed by atoms with van der Waals surface area (Å²) in [4.78, 5) is 27.2. The summed E-state index contributed by atoms with van der Waals surface area (Å²) < 4.78 is 1.75. The molecule has 1 atom stereocenters. The van der Waals surface area contributed by atoms with E-state index in [0.717, 1.165) is 37.4 Å². The lowest BCUT2D eigenvalue weighted by molar-refractivity contribution is 0.0932. The normalized spacial score (nSPS) is 17.6. The predicted octanol–water partition coefficient (Wildman–Crippen LogP) is 1.23. The van der Waals surface area contributed by atoms with E-state index < -0.39 is 0 Å². The van der Waals surface area contributed by atoms with Gasteiger partial charge in [-0.2, -0.15) is 14.6 Å². The van der Waals surface area contributed by atoms with Gasteiger partial charge in [0.2, 0.25) is 0 Å². The molecule has 0 aliphatic carbocycles. The Balaban J connectivity index is 1.53. The maximum Gasteiger partial charge on any atom is 0.254 e. The molecule has 128 valence electrons. The van der Waals surface area contributed by atoms with Crippen LogP contribution < -0.4 is 10.2 Å². The number of aromatic nitrogens is 5. The van der Waals surface area contributed by atoms with E-state index in [2.05, 4.69) is 30.3 Å². The monoisotopic (exact) mass is 337 g/mol. The number of carbonyl (C=O) groups excluding carboxylic acids is 1. The molecule has 1 saturated heterocycles. The number of anilines is 1. The van der Waals surface area contributed by atoms with Gasteiger partial charge in [0.25, 0.3) is 11.7 Å². The second kappa shape index (κ2) is 6.46. The van der Waals surface area contributed by atoms with Crippen LogP contribution in [0.4, 0.5) is 5.82 Å². The van der Waals surface area contributed by atoms with Crippen LogP contribution in [-0.4, -0.2) is 49.6 Å². The first-order valence-corrected chi connectivity index (χ1v) is 8.34. The molecule has 8 heteroatoms. The minimum atomic E-state index is -0.0863. The molecule has 0 aromatic carbocycles. The summed E-state index contributed by atoms with van der Waals surface area (Å²) in [6.07, 6.45) is 6.70. The molecule has 3 aromatic rings. The van der Waals surface area contributed by atoms with E-state index in [1.165, 1.54) is 6.33 Å². The average molecular weight is 337 g/mol. The molecule has 3 aromatic heterocycles. The summed E-state index contributed by atoms with van der Waals surface area (Å²) in [5, 5.41) is 7.38. The summed E-state index contributed by atoms with van der Waals surface area (Å²) >= 11 is 0. The van der Waals surface area contributed by atoms with E-state index in [1.54, 1.807) is 29.0 Å². The number of pyridine rings is 1. The van der Waals surface area contributed by atoms with Gasteiger partial charge in [0, 0.05) is 43.3 Å². The maximum absolute atomic E-state index is 12.4. The van der Waals surface area contributed by atoms with Crippen LogP contribution in [0.2, 0.25) is 0 Å². The molecule has 0 radical (unpaired) electrons. The third-order valence-electron chi connectivity index (χ3n) is 4.37. The third kappa shape index (κ3) is 3.15. The number of aryl methyl sites for hydroxylation is 1. The summed E-state index contributed by atoms with van der Waals surface area (Å²) in [5.74, 6) is 1.47. The van der Waals surface area contributed by atoms with E-state index in [-0.39, 0.29) is 11.9 Å². The summed E-state index contributed by atoms with van der Waals surface area (Å²) in [6.45, 7) is 3.59. The van der Waals surface area contributed by atoms with Gasteiger partial charge in [-0.1, -0.05) is 0 Å². The molecule has 1 unspecified atom stereocenters. The molecule has 1 N–H and O–H groups in total. The van der Waals surface area contributed by atoms with Crippen LogP contribution in [0, 0.1) is 6.92 Å². The molecule has 0 spiro atoms. The Hall–Kier alpha value is -3.03. The fraction of sp³-hybridized carbons (Fsp3) is 0.353. The number of fused-ring (bicyclic) bond motifs is 1. The van der Waals surface area contributed by atoms with Crippen molar-refractivity contribution in [2.75, 3.05) is 18.0 Å². The minimum absolute atomic E-state index is 0.0773. The zero-order chi connectivity index (χ0) is 17.2. The zero-order valence-corrected chi connectivity index (χ0v) is 14.0. The highest BCUT2D eigenvalue weighted by molar-refractivity contribution is 5.94. The topological polar surface area (TPSA) is 88.3 Å². The zero-order valence-electron chi connectivity index (χ0n) is 14.0. The van der Waals surface area contributed by atoms with Gasteiger partial charge in [-0.15, -0.1) is 0 Å². The SMILES string of the molecule is Cc1cc(N2CCCC(NC(=O)c3cccnc3)C2)n2ncnc2n1. The molecule has 4 rings (SSSR count). The van der Waals surface area contributed by atoms with Crippen molar-refractivity contribution >= 4 is 17.5 Å². The first kappa shape index (κ1) is 15.5. The summed E-state index contributed by atoms with van der Waals surface area (Å²) in [7, 11) is 0. The Labute approximate surface area is 144 Å². The van der Waals surface area contributed by atoms with Crippen molar-refractivity contribution in [3.05, 3.63) is 48.2 Å². The number of nitrogens with one attached hydrogen (secondary N) is 1. The lowest BCUT2D eigenvalue weighted by atomic mass is 10.1. The first-order chi connectivity index (χ1) is 12.2. The smallest absolute Gasteiger partial charge is 0.254 e. The fourth-order valence-electron chi connectivity index (χ4n) is 3.21. The van der Waals surface area contributed by atoms with Crippen LogP contribution >= 0.6 is 0 Å². The van der Waals surface area contributed by atoms with E-state index in [0.29, 0.717) is 11.3 Å². The second-order valence-corrected chi connectivity index (χ2v) is 6.23. The number of hydrogen-bond donors (Lipinski definition) is 1. The Kier molecular flexibility index (Phi) is 4.01. The van der Waals surface area contributed by atoms with Gasteiger partial charge in [-0.25, -0.2) is 4.98 Å². The lowest BCUT2D eigenvalue weighted by Gasteiger charge is -2.34. The molecular weight excluding hydrogens is 318 g/mol. The van der Waals surface area contributed by atoms with Crippen LogP contribution in [-0.2, 0) is 0 Å². The molecule has 25 heavy (non-hydrogen) atoms. The van der Waals surface area contributed by atoms with Crippen molar-refractivity contribution in [2.24, 2.45) is 0 Å². The van der Waals surface area contributed by atoms with Crippen LogP contribution in [0.25, 0.3) is 5.78 Å². The highest BCUT2D eigenvalue weighted by Gasteiger charge is 2.24. The number of amides is 1. The number of carbonyl (C=O) groups is 1. The van der Waals surface area contributed by atoms with Crippen molar-refractivity contribution in [3.8, 4) is 0 Å². The van der Waals surface area contributed by atoms with Crippen molar-refractivity contribution < 1.29 is 4.79 Å². The second-order valence-electron chi connectivity index (χ2n) is 6.23. The number of rotatable bonds is 3. The first-order valence-electron chi connectivity index (χ1n) is 8.34. The minimum Gasteiger partial charge on any atom is -0.354 e. The molecule has 8 nitrogen and oxygen atoms in total. The molecule has 4 heterocycles. The van der Waals surface area contributed by atoms with Crippen LogP contribution in [0.1, 0.15) is 28.9 Å². The number of piperidine rings is 1. The van der Waals surface area contributed by atoms with E-state index in [1.807, 2.05) is 13.0 Å². The molecule has 1 aliphatic rings. The van der Waals surface area contributed by atoms with Crippen LogP contribution in [0.15, 0.2) is 36.9 Å². The van der Waals surface area contributed by atoms with E-state index in [9.17, 15) is 4.79 Å². The van der Waals surface area contributed by atoms with Gasteiger partial charge >= 0.3 is 0 Å². The summed E-state index contributed by atoms with van der Waals surface area (Å²) in [5.41, 5.74) is 1.48. The van der Waals surface area contributed by atoms with Crippen LogP contribution in [0.5, 0.6) is 0 Å². The highest BCUT2D eigenvalue weighted by Crippen LogP contribution is 2.21. The largest absolute Gasteiger partial charge is 0.354 e. The molecule has 0 saturated carbocycles. The predicted molar refractivity (Wildman–Crippen MR) is 92.5 cm³/mol. The lowest BCUT2D eigenvalue weighted by Crippen LogP contribution is -2.48. The van der Waals surface area contributed by atoms with Gasteiger partial charge < -0.3 is 10.2 Å². The van der Waals surface area contributed by atoms with Crippen LogP contribution in [0.3, 0.4) is 0 Å². The fourth-order valence-corrected chi connectivity index (χ4v) is 3.21. The van der Waals surface area contributed by atoms with Gasteiger partial charge in [0.1, 0.15) is 12.1 Å². The van der Waals surface area contributed by atoms with E-state index >= 15 is 0 Å². The molecular formula is C17H19N7O. The van der Waals surface area contributed by atoms with Crippen molar-refractivity contribution in [1.82, 2.24) is 29.9 Å². The van der Waals surface area contributed by atoms with Crippen molar-refractivity contribution in [1.29, 1.82) is 0 Å². The Morgan fingerprint density at radius 2 is 2.32 bits per heavy atom. The van der Waals surface area contributed by atoms with Gasteiger partial charge in [0.15, 0.2) is 0 Å². The van der Waals surface area contributed by atoms with Gasteiger partial charge in [-0.3, -0.25) is 9.78 Å². The van der Waals surface area contributed by atoms with Gasteiger partial charge in [0.05, 0.1) is 5.56 Å². The highest BCUT2D eigenvalue weighted by atomic mass is 16.1. The Bertz CT molecular complexity index is 892.